The summed E-state index contributed by atoms with van der Waals surface area (Å²) in [5, 5.41) is 0. The lowest BCUT2D eigenvalue weighted by Crippen LogP contribution is -2.49. The minimum absolute atomic E-state index is 0.296. The molecule has 2 aliphatic heterocycles. The zero-order chi connectivity index (χ0) is 13.8. The van der Waals surface area contributed by atoms with Crippen LogP contribution in [0, 0.1) is 0 Å². The first-order chi connectivity index (χ1) is 9.17. The first kappa shape index (κ1) is 14.2. The van der Waals surface area contributed by atoms with Crippen molar-refractivity contribution >= 4 is 11.9 Å². The minimum atomic E-state index is -0.441. The van der Waals surface area contributed by atoms with Crippen molar-refractivity contribution in [1.29, 1.82) is 0 Å². The Bertz CT molecular complexity index is 318. The van der Waals surface area contributed by atoms with Crippen LogP contribution in [0.3, 0.4) is 0 Å². The molecule has 8 heteroatoms. The smallest absolute Gasteiger partial charge is 0.325 e. The molecule has 2 fully saturated rings. The average Bonchev–Trinajstić information content (AvgIpc) is 3.06. The maximum absolute atomic E-state index is 11.6. The molecule has 0 bridgehead atoms. The molecule has 19 heavy (non-hydrogen) atoms. The number of nitrogens with zero attached hydrogens (tertiary/aromatic N) is 2. The number of carbonyl (C=O) groups excluding carboxylic acids is 2. The van der Waals surface area contributed by atoms with Crippen molar-refractivity contribution < 1.29 is 28.5 Å². The van der Waals surface area contributed by atoms with E-state index in [2.05, 4.69) is 0 Å². The fourth-order valence-corrected chi connectivity index (χ4v) is 2.17. The summed E-state index contributed by atoms with van der Waals surface area (Å²) in [6.07, 6.45) is 0. The van der Waals surface area contributed by atoms with Gasteiger partial charge in [0.15, 0.2) is 0 Å². The number of carbonyl (C=O) groups is 2. The number of methoxy groups -OCH3 is 2. The van der Waals surface area contributed by atoms with Gasteiger partial charge in [0.25, 0.3) is 0 Å². The molecule has 2 atom stereocenters. The fraction of sp³-hybridized carbons (Fsp3) is 0.818. The largest absolute Gasteiger partial charge is 0.468 e. The SMILES string of the molecule is COC(=O)[C@@H]1COCN1CN1COC[C@H]1C(=O)OC. The van der Waals surface area contributed by atoms with Crippen molar-refractivity contribution in [2.24, 2.45) is 0 Å². The van der Waals surface area contributed by atoms with Gasteiger partial charge in [0.1, 0.15) is 25.5 Å². The van der Waals surface area contributed by atoms with Crippen molar-refractivity contribution in [3.8, 4) is 0 Å². The molecule has 0 aromatic carbocycles. The molecule has 0 spiro atoms. The van der Waals surface area contributed by atoms with Crippen LogP contribution in [0.15, 0.2) is 0 Å². The fourth-order valence-electron chi connectivity index (χ4n) is 2.17. The lowest BCUT2D eigenvalue weighted by Gasteiger charge is -2.27. The summed E-state index contributed by atoms with van der Waals surface area (Å²) in [5.74, 6) is -0.681. The molecule has 0 amide bonds. The Kier molecular flexibility index (Phi) is 4.70. The predicted molar refractivity (Wildman–Crippen MR) is 61.8 cm³/mol. The standard InChI is InChI=1S/C11H18N2O6/c1-16-10(14)8-3-18-6-12(8)5-13-7-19-4-9(13)11(15)17-2/h8-9H,3-7H2,1-2H3/t8-,9-/m0/s1. The second-order valence-corrected chi connectivity index (χ2v) is 4.40. The molecule has 0 aromatic heterocycles. The third-order valence-electron chi connectivity index (χ3n) is 3.26. The van der Waals surface area contributed by atoms with Gasteiger partial charge in [-0.25, -0.2) is 0 Å². The van der Waals surface area contributed by atoms with Crippen LogP contribution in [0.5, 0.6) is 0 Å². The van der Waals surface area contributed by atoms with Crippen LogP contribution in [0.1, 0.15) is 0 Å². The maximum Gasteiger partial charge on any atom is 0.325 e. The quantitative estimate of drug-likeness (QED) is 0.580. The van der Waals surface area contributed by atoms with E-state index in [1.54, 1.807) is 9.80 Å². The highest BCUT2D eigenvalue weighted by atomic mass is 16.5. The van der Waals surface area contributed by atoms with Gasteiger partial charge in [-0.15, -0.1) is 0 Å². The molecule has 8 nitrogen and oxygen atoms in total. The van der Waals surface area contributed by atoms with E-state index in [0.717, 1.165) is 0 Å². The van der Waals surface area contributed by atoms with Crippen molar-refractivity contribution in [2.45, 2.75) is 12.1 Å². The van der Waals surface area contributed by atoms with Crippen molar-refractivity contribution in [1.82, 2.24) is 9.80 Å². The number of hydrogen-bond acceptors (Lipinski definition) is 8. The third-order valence-corrected chi connectivity index (χ3v) is 3.26. The van der Waals surface area contributed by atoms with Gasteiger partial charge in [0.2, 0.25) is 0 Å². The minimum Gasteiger partial charge on any atom is -0.468 e. The molecule has 2 aliphatic rings. The summed E-state index contributed by atoms with van der Waals surface area (Å²) < 4.78 is 20.0. The first-order valence-corrected chi connectivity index (χ1v) is 5.96. The van der Waals surface area contributed by atoms with Crippen molar-refractivity contribution in [3.05, 3.63) is 0 Å². The van der Waals surface area contributed by atoms with Gasteiger partial charge in [-0.1, -0.05) is 0 Å². The van der Waals surface area contributed by atoms with Gasteiger partial charge in [-0.3, -0.25) is 19.4 Å². The third kappa shape index (κ3) is 3.03. The van der Waals surface area contributed by atoms with E-state index in [0.29, 0.717) is 33.3 Å². The highest BCUT2D eigenvalue weighted by molar-refractivity contribution is 5.76. The summed E-state index contributed by atoms with van der Waals surface area (Å²) in [6, 6.07) is -0.882. The van der Waals surface area contributed by atoms with E-state index in [4.69, 9.17) is 18.9 Å². The summed E-state index contributed by atoms with van der Waals surface area (Å²) in [7, 11) is 2.68. The summed E-state index contributed by atoms with van der Waals surface area (Å²) in [5.41, 5.74) is 0. The van der Waals surface area contributed by atoms with E-state index < -0.39 is 12.1 Å². The average molecular weight is 274 g/mol. The zero-order valence-corrected chi connectivity index (χ0v) is 11.0. The first-order valence-electron chi connectivity index (χ1n) is 5.96. The summed E-state index contributed by atoms with van der Waals surface area (Å²) in [6.45, 7) is 1.63. The molecule has 108 valence electrons. The second-order valence-electron chi connectivity index (χ2n) is 4.40. The van der Waals surface area contributed by atoms with E-state index in [1.165, 1.54) is 14.2 Å². The Morgan fingerprint density at radius 3 is 1.79 bits per heavy atom. The van der Waals surface area contributed by atoms with Gasteiger partial charge in [-0.05, 0) is 0 Å². The topological polar surface area (TPSA) is 77.5 Å². The molecule has 2 heterocycles. The molecule has 0 saturated carbocycles. The van der Waals surface area contributed by atoms with Gasteiger partial charge < -0.3 is 18.9 Å². The summed E-state index contributed by atoms with van der Waals surface area (Å²) in [4.78, 5) is 26.8. The van der Waals surface area contributed by atoms with Crippen molar-refractivity contribution in [3.63, 3.8) is 0 Å². The van der Waals surface area contributed by atoms with Crippen LogP contribution >= 0.6 is 0 Å². The Balaban J connectivity index is 1.96. The number of rotatable bonds is 4. The molecule has 2 rings (SSSR count). The van der Waals surface area contributed by atoms with Crippen LogP contribution < -0.4 is 0 Å². The molecular formula is C11H18N2O6. The Hall–Kier alpha value is -1.22. The van der Waals surface area contributed by atoms with E-state index in [-0.39, 0.29) is 11.9 Å². The van der Waals surface area contributed by atoms with E-state index in [1.807, 2.05) is 0 Å². The van der Waals surface area contributed by atoms with E-state index in [9.17, 15) is 9.59 Å². The molecule has 0 radical (unpaired) electrons. The van der Waals surface area contributed by atoms with Crippen LogP contribution in [0.25, 0.3) is 0 Å². The number of ether oxygens (including phenoxy) is 4. The molecule has 0 aromatic rings. The van der Waals surface area contributed by atoms with Gasteiger partial charge >= 0.3 is 11.9 Å². The lowest BCUT2D eigenvalue weighted by molar-refractivity contribution is -0.148. The number of hydrogen-bond donors (Lipinski definition) is 0. The molecule has 0 unspecified atom stereocenters. The Morgan fingerprint density at radius 1 is 1.00 bits per heavy atom. The maximum atomic E-state index is 11.6. The zero-order valence-electron chi connectivity index (χ0n) is 11.0. The normalized spacial score (nSPS) is 28.5. The molecular weight excluding hydrogens is 256 g/mol. The molecule has 0 N–H and O–H groups in total. The van der Waals surface area contributed by atoms with E-state index >= 15 is 0 Å². The predicted octanol–water partition coefficient (Wildman–Crippen LogP) is -1.39. The Morgan fingerprint density at radius 2 is 1.42 bits per heavy atom. The molecule has 0 aliphatic carbocycles. The summed E-state index contributed by atoms with van der Waals surface area (Å²) >= 11 is 0. The highest BCUT2D eigenvalue weighted by Gasteiger charge is 2.38. The molecule has 2 saturated heterocycles. The van der Waals surface area contributed by atoms with Gasteiger partial charge in [0, 0.05) is 0 Å². The van der Waals surface area contributed by atoms with Crippen LogP contribution in [0.4, 0.5) is 0 Å². The van der Waals surface area contributed by atoms with Gasteiger partial charge in [0.05, 0.1) is 34.1 Å². The van der Waals surface area contributed by atoms with Crippen LogP contribution in [-0.2, 0) is 28.5 Å². The van der Waals surface area contributed by atoms with Crippen LogP contribution in [-0.4, -0.2) is 81.4 Å². The second kappa shape index (κ2) is 6.29. The Labute approximate surface area is 111 Å². The van der Waals surface area contributed by atoms with Crippen molar-refractivity contribution in [2.75, 3.05) is 47.6 Å². The lowest BCUT2D eigenvalue weighted by atomic mass is 10.3. The van der Waals surface area contributed by atoms with Gasteiger partial charge in [-0.2, -0.15) is 0 Å². The monoisotopic (exact) mass is 274 g/mol. The van der Waals surface area contributed by atoms with Crippen LogP contribution in [0.2, 0.25) is 0 Å². The highest BCUT2D eigenvalue weighted by Crippen LogP contribution is 2.16. The number of esters is 2.